The number of aliphatic hydroxyl groups is 1. The number of benzene rings is 1. The number of H-pyrrole nitrogens is 1. The van der Waals surface area contributed by atoms with Crippen LogP contribution in [0.25, 0.3) is 11.4 Å². The summed E-state index contributed by atoms with van der Waals surface area (Å²) in [5.41, 5.74) is 0.629. The molecular formula is C12H15N5O2. The SMILES string of the molecule is CC(C)(CO)NC(=O)c1ccc(-c2nn[nH]n2)cc1. The van der Waals surface area contributed by atoms with Crippen molar-refractivity contribution in [1.29, 1.82) is 0 Å². The summed E-state index contributed by atoms with van der Waals surface area (Å²) in [5.74, 6) is 0.237. The van der Waals surface area contributed by atoms with E-state index in [0.717, 1.165) is 5.56 Å². The first-order chi connectivity index (χ1) is 9.02. The lowest BCUT2D eigenvalue weighted by Gasteiger charge is -2.23. The van der Waals surface area contributed by atoms with Crippen LogP contribution in [0.3, 0.4) is 0 Å². The molecule has 0 radical (unpaired) electrons. The maximum atomic E-state index is 11.9. The summed E-state index contributed by atoms with van der Waals surface area (Å²) in [6, 6.07) is 6.83. The minimum Gasteiger partial charge on any atom is -0.394 e. The molecule has 1 amide bonds. The average molecular weight is 261 g/mol. The Labute approximate surface area is 110 Å². The summed E-state index contributed by atoms with van der Waals surface area (Å²) in [6.07, 6.45) is 0. The first-order valence-electron chi connectivity index (χ1n) is 5.79. The molecule has 2 rings (SSSR count). The van der Waals surface area contributed by atoms with Crippen molar-refractivity contribution in [3.05, 3.63) is 29.8 Å². The van der Waals surface area contributed by atoms with Crippen molar-refractivity contribution in [1.82, 2.24) is 25.9 Å². The number of rotatable bonds is 4. The number of nitrogens with zero attached hydrogens (tertiary/aromatic N) is 3. The van der Waals surface area contributed by atoms with E-state index in [1.165, 1.54) is 0 Å². The molecule has 0 saturated carbocycles. The topological polar surface area (TPSA) is 104 Å². The monoisotopic (exact) mass is 261 g/mol. The van der Waals surface area contributed by atoms with Gasteiger partial charge < -0.3 is 10.4 Å². The van der Waals surface area contributed by atoms with Gasteiger partial charge in [0.25, 0.3) is 5.91 Å². The van der Waals surface area contributed by atoms with Crippen LogP contribution in [-0.2, 0) is 0 Å². The van der Waals surface area contributed by atoms with Gasteiger partial charge in [-0.05, 0) is 31.2 Å². The molecule has 0 fully saturated rings. The van der Waals surface area contributed by atoms with Crippen LogP contribution >= 0.6 is 0 Å². The van der Waals surface area contributed by atoms with Crippen LogP contribution in [0.15, 0.2) is 24.3 Å². The molecule has 3 N–H and O–H groups in total. The van der Waals surface area contributed by atoms with Crippen LogP contribution in [-0.4, -0.2) is 43.8 Å². The molecule has 0 aliphatic heterocycles. The minimum absolute atomic E-state index is 0.125. The van der Waals surface area contributed by atoms with Crippen molar-refractivity contribution in [3.63, 3.8) is 0 Å². The lowest BCUT2D eigenvalue weighted by molar-refractivity contribution is 0.0869. The van der Waals surface area contributed by atoms with Crippen molar-refractivity contribution in [3.8, 4) is 11.4 Å². The molecule has 0 atom stereocenters. The van der Waals surface area contributed by atoms with Crippen LogP contribution in [0.4, 0.5) is 0 Å². The van der Waals surface area contributed by atoms with Gasteiger partial charge in [0.1, 0.15) is 0 Å². The van der Waals surface area contributed by atoms with E-state index in [1.807, 2.05) is 0 Å². The fourth-order valence-corrected chi connectivity index (χ4v) is 1.47. The van der Waals surface area contributed by atoms with Crippen LogP contribution in [0.5, 0.6) is 0 Å². The van der Waals surface area contributed by atoms with Gasteiger partial charge in [-0.25, -0.2) is 0 Å². The van der Waals surface area contributed by atoms with Crippen molar-refractivity contribution < 1.29 is 9.90 Å². The Hall–Kier alpha value is -2.28. The van der Waals surface area contributed by atoms with Gasteiger partial charge in [-0.15, -0.1) is 10.2 Å². The van der Waals surface area contributed by atoms with Crippen LogP contribution in [0, 0.1) is 0 Å². The minimum atomic E-state index is -0.649. The Morgan fingerprint density at radius 3 is 2.58 bits per heavy atom. The number of aromatic nitrogens is 4. The van der Waals surface area contributed by atoms with E-state index < -0.39 is 5.54 Å². The maximum Gasteiger partial charge on any atom is 0.251 e. The standard InChI is InChI=1S/C12H15N5O2/c1-12(2,7-18)13-11(19)9-5-3-8(4-6-9)10-14-16-17-15-10/h3-6,18H,7H2,1-2H3,(H,13,19)(H,14,15,16,17). The highest BCUT2D eigenvalue weighted by Gasteiger charge is 2.19. The lowest BCUT2D eigenvalue weighted by Crippen LogP contribution is -2.46. The van der Waals surface area contributed by atoms with Gasteiger partial charge in [0.2, 0.25) is 5.82 Å². The zero-order valence-electron chi connectivity index (χ0n) is 10.7. The van der Waals surface area contributed by atoms with Gasteiger partial charge in [0.15, 0.2) is 0 Å². The smallest absolute Gasteiger partial charge is 0.251 e. The van der Waals surface area contributed by atoms with E-state index in [0.29, 0.717) is 11.4 Å². The second-order valence-electron chi connectivity index (χ2n) is 4.81. The van der Waals surface area contributed by atoms with Crippen LogP contribution in [0.1, 0.15) is 24.2 Å². The molecule has 1 aromatic heterocycles. The van der Waals surface area contributed by atoms with Gasteiger partial charge in [0.05, 0.1) is 12.1 Å². The molecule has 7 heteroatoms. The fraction of sp³-hybridized carbons (Fsp3) is 0.333. The molecule has 100 valence electrons. The summed E-state index contributed by atoms with van der Waals surface area (Å²) >= 11 is 0. The number of amides is 1. The molecule has 2 aromatic rings. The molecule has 0 spiro atoms. The predicted octanol–water partition coefficient (Wildman–Crippen LogP) is 0.367. The Bertz CT molecular complexity index is 548. The summed E-state index contributed by atoms with van der Waals surface area (Å²) in [7, 11) is 0. The highest BCUT2D eigenvalue weighted by molar-refractivity contribution is 5.95. The van der Waals surface area contributed by atoms with E-state index in [4.69, 9.17) is 5.11 Å². The Morgan fingerprint density at radius 1 is 1.37 bits per heavy atom. The molecule has 0 aliphatic carbocycles. The number of nitrogens with one attached hydrogen (secondary N) is 2. The molecule has 0 unspecified atom stereocenters. The Kier molecular flexibility index (Phi) is 3.57. The summed E-state index contributed by atoms with van der Waals surface area (Å²) in [5, 5.41) is 25.4. The molecule has 0 saturated heterocycles. The molecule has 0 aliphatic rings. The number of tetrazole rings is 1. The van der Waals surface area contributed by atoms with Crippen molar-refractivity contribution in [2.75, 3.05) is 6.61 Å². The second kappa shape index (κ2) is 5.15. The number of carbonyl (C=O) groups excluding carboxylic acids is 1. The quantitative estimate of drug-likeness (QED) is 0.737. The zero-order valence-corrected chi connectivity index (χ0v) is 10.7. The van der Waals surface area contributed by atoms with E-state index in [-0.39, 0.29) is 12.5 Å². The fourth-order valence-electron chi connectivity index (χ4n) is 1.47. The number of aliphatic hydroxyl groups excluding tert-OH is 1. The van der Waals surface area contributed by atoms with Crippen molar-refractivity contribution in [2.45, 2.75) is 19.4 Å². The van der Waals surface area contributed by atoms with Gasteiger partial charge >= 0.3 is 0 Å². The maximum absolute atomic E-state index is 11.9. The number of hydrogen-bond donors (Lipinski definition) is 3. The zero-order chi connectivity index (χ0) is 13.9. The van der Waals surface area contributed by atoms with Crippen LogP contribution < -0.4 is 5.32 Å². The third kappa shape index (κ3) is 3.14. The Balaban J connectivity index is 2.13. The van der Waals surface area contributed by atoms with E-state index >= 15 is 0 Å². The third-order valence-electron chi connectivity index (χ3n) is 2.60. The van der Waals surface area contributed by atoms with Crippen LogP contribution in [0.2, 0.25) is 0 Å². The first kappa shape index (κ1) is 13.2. The third-order valence-corrected chi connectivity index (χ3v) is 2.60. The second-order valence-corrected chi connectivity index (χ2v) is 4.81. The van der Waals surface area contributed by atoms with Crippen molar-refractivity contribution in [2.24, 2.45) is 0 Å². The number of aromatic amines is 1. The normalized spacial score (nSPS) is 11.3. The lowest BCUT2D eigenvalue weighted by atomic mass is 10.1. The number of carbonyl (C=O) groups is 1. The molecule has 0 bridgehead atoms. The van der Waals surface area contributed by atoms with Gasteiger partial charge in [0, 0.05) is 11.1 Å². The average Bonchev–Trinajstić information content (AvgIpc) is 2.92. The molecule has 1 heterocycles. The van der Waals surface area contributed by atoms with Gasteiger partial charge in [-0.1, -0.05) is 12.1 Å². The highest BCUT2D eigenvalue weighted by atomic mass is 16.3. The van der Waals surface area contributed by atoms with E-state index in [2.05, 4.69) is 25.9 Å². The van der Waals surface area contributed by atoms with E-state index in [9.17, 15) is 4.79 Å². The largest absolute Gasteiger partial charge is 0.394 e. The first-order valence-corrected chi connectivity index (χ1v) is 5.79. The van der Waals surface area contributed by atoms with Gasteiger partial charge in [-0.2, -0.15) is 5.21 Å². The van der Waals surface area contributed by atoms with Crippen molar-refractivity contribution >= 4 is 5.91 Å². The molecule has 1 aromatic carbocycles. The summed E-state index contributed by atoms with van der Waals surface area (Å²) < 4.78 is 0. The molecule has 19 heavy (non-hydrogen) atoms. The Morgan fingerprint density at radius 2 is 2.05 bits per heavy atom. The van der Waals surface area contributed by atoms with Gasteiger partial charge in [-0.3, -0.25) is 4.79 Å². The molecule has 7 nitrogen and oxygen atoms in total. The predicted molar refractivity (Wildman–Crippen MR) is 68.2 cm³/mol. The van der Waals surface area contributed by atoms with E-state index in [1.54, 1.807) is 38.1 Å². The number of hydrogen-bond acceptors (Lipinski definition) is 5. The highest BCUT2D eigenvalue weighted by Crippen LogP contribution is 2.14. The summed E-state index contributed by atoms with van der Waals surface area (Å²) in [4.78, 5) is 11.9. The molecular weight excluding hydrogens is 246 g/mol. The summed E-state index contributed by atoms with van der Waals surface area (Å²) in [6.45, 7) is 3.37.